The van der Waals surface area contributed by atoms with Crippen LogP contribution in [0.5, 0.6) is 0 Å². The molecule has 2 rings (SSSR count). The minimum atomic E-state index is -0.363. The number of aromatic nitrogens is 2. The smallest absolute Gasteiger partial charge is 0.340 e. The van der Waals surface area contributed by atoms with Crippen LogP contribution in [0.25, 0.3) is 10.9 Å². The molecular weight excluding hydrogens is 168 g/mol. The summed E-state index contributed by atoms with van der Waals surface area (Å²) in [6.45, 7) is 0. The first-order chi connectivity index (χ1) is 6.33. The molecule has 0 bridgehead atoms. The Kier molecular flexibility index (Phi) is 1.73. The van der Waals surface area contributed by atoms with Gasteiger partial charge in [-0.2, -0.15) is 0 Å². The van der Waals surface area contributed by atoms with Gasteiger partial charge in [0, 0.05) is 17.8 Å². The number of ether oxygens (including phenoxy) is 1. The molecule has 0 spiro atoms. The Morgan fingerprint density at radius 2 is 2.38 bits per heavy atom. The zero-order valence-corrected chi connectivity index (χ0v) is 7.07. The zero-order valence-electron chi connectivity index (χ0n) is 7.07. The second kappa shape index (κ2) is 2.90. The average Bonchev–Trinajstić information content (AvgIpc) is 2.63. The summed E-state index contributed by atoms with van der Waals surface area (Å²) in [7, 11) is 1.35. The van der Waals surface area contributed by atoms with Crippen molar-refractivity contribution in [2.24, 2.45) is 0 Å². The summed E-state index contributed by atoms with van der Waals surface area (Å²) in [6.07, 6.45) is 4.93. The molecule has 0 aliphatic carbocycles. The minimum Gasteiger partial charge on any atom is -0.465 e. The molecule has 4 heteroatoms. The normalized spacial score (nSPS) is 10.2. The molecule has 0 aliphatic heterocycles. The Morgan fingerprint density at radius 3 is 3.15 bits per heavy atom. The lowest BCUT2D eigenvalue weighted by atomic mass is 10.2. The van der Waals surface area contributed by atoms with Crippen molar-refractivity contribution in [3.05, 3.63) is 30.2 Å². The lowest BCUT2D eigenvalue weighted by molar-refractivity contribution is 0.0602. The molecule has 4 nitrogen and oxygen atoms in total. The molecule has 0 saturated heterocycles. The van der Waals surface area contributed by atoms with E-state index in [-0.39, 0.29) is 5.97 Å². The van der Waals surface area contributed by atoms with E-state index >= 15 is 0 Å². The summed E-state index contributed by atoms with van der Waals surface area (Å²) in [6, 6.07) is 1.82. The average molecular weight is 176 g/mol. The monoisotopic (exact) mass is 176 g/mol. The van der Waals surface area contributed by atoms with Gasteiger partial charge in [0.15, 0.2) is 0 Å². The fraction of sp³-hybridized carbons (Fsp3) is 0.111. The van der Waals surface area contributed by atoms with Crippen LogP contribution in [0.15, 0.2) is 24.7 Å². The van der Waals surface area contributed by atoms with Gasteiger partial charge >= 0.3 is 5.97 Å². The minimum absolute atomic E-state index is 0.363. The van der Waals surface area contributed by atoms with Gasteiger partial charge in [-0.3, -0.25) is 4.98 Å². The molecule has 0 aromatic carbocycles. The van der Waals surface area contributed by atoms with Gasteiger partial charge in [-0.15, -0.1) is 0 Å². The third-order valence-corrected chi connectivity index (χ3v) is 1.88. The van der Waals surface area contributed by atoms with Gasteiger partial charge in [0.05, 0.1) is 24.4 Å². The standard InChI is InChI=1S/C9H8N2O2/c1-13-9(12)7-4-10-5-8-6(7)2-3-11-8/h2-5,11H,1H3. The molecule has 0 saturated carbocycles. The number of nitrogens with one attached hydrogen (secondary N) is 1. The van der Waals surface area contributed by atoms with E-state index in [9.17, 15) is 4.79 Å². The van der Waals surface area contributed by atoms with Crippen LogP contribution < -0.4 is 0 Å². The van der Waals surface area contributed by atoms with Crippen LogP contribution in [0.3, 0.4) is 0 Å². The Hall–Kier alpha value is -1.84. The predicted molar refractivity (Wildman–Crippen MR) is 47.4 cm³/mol. The molecule has 0 aliphatic rings. The van der Waals surface area contributed by atoms with E-state index < -0.39 is 0 Å². The third-order valence-electron chi connectivity index (χ3n) is 1.88. The first-order valence-corrected chi connectivity index (χ1v) is 3.82. The molecule has 13 heavy (non-hydrogen) atoms. The highest BCUT2D eigenvalue weighted by Crippen LogP contribution is 2.16. The molecule has 2 aromatic rings. The summed E-state index contributed by atoms with van der Waals surface area (Å²) in [4.78, 5) is 18.1. The first-order valence-electron chi connectivity index (χ1n) is 3.82. The molecule has 2 aromatic heterocycles. The third kappa shape index (κ3) is 1.16. The Labute approximate surface area is 74.5 Å². The highest BCUT2D eigenvalue weighted by Gasteiger charge is 2.10. The molecular formula is C9H8N2O2. The molecule has 2 heterocycles. The number of pyridine rings is 1. The van der Waals surface area contributed by atoms with Gasteiger partial charge in [0.1, 0.15) is 0 Å². The highest BCUT2D eigenvalue weighted by atomic mass is 16.5. The molecule has 0 amide bonds. The number of fused-ring (bicyclic) bond motifs is 1. The summed E-state index contributed by atoms with van der Waals surface area (Å²) in [5.74, 6) is -0.363. The van der Waals surface area contributed by atoms with Crippen LogP contribution in [0.4, 0.5) is 0 Å². The number of hydrogen-bond donors (Lipinski definition) is 1. The number of rotatable bonds is 1. The second-order valence-corrected chi connectivity index (χ2v) is 2.62. The largest absolute Gasteiger partial charge is 0.465 e. The Morgan fingerprint density at radius 1 is 1.54 bits per heavy atom. The van der Waals surface area contributed by atoms with Gasteiger partial charge in [0.25, 0.3) is 0 Å². The number of methoxy groups -OCH3 is 1. The number of carbonyl (C=O) groups is 1. The van der Waals surface area contributed by atoms with Gasteiger partial charge in [-0.25, -0.2) is 4.79 Å². The number of hydrogen-bond acceptors (Lipinski definition) is 3. The Balaban J connectivity index is 2.67. The van der Waals surface area contributed by atoms with Gasteiger partial charge < -0.3 is 9.72 Å². The first kappa shape index (κ1) is 7.79. The number of nitrogens with zero attached hydrogens (tertiary/aromatic N) is 1. The van der Waals surface area contributed by atoms with Crippen molar-refractivity contribution in [3.8, 4) is 0 Å². The lowest BCUT2D eigenvalue weighted by Crippen LogP contribution is -2.01. The molecule has 0 fully saturated rings. The predicted octanol–water partition coefficient (Wildman–Crippen LogP) is 1.35. The van der Waals surface area contributed by atoms with Crippen LogP contribution >= 0.6 is 0 Å². The summed E-state index contributed by atoms with van der Waals surface area (Å²) < 4.78 is 4.62. The van der Waals surface area contributed by atoms with E-state index in [1.165, 1.54) is 13.3 Å². The summed E-state index contributed by atoms with van der Waals surface area (Å²) >= 11 is 0. The van der Waals surface area contributed by atoms with E-state index in [1.807, 2.05) is 6.07 Å². The van der Waals surface area contributed by atoms with Gasteiger partial charge in [0.2, 0.25) is 0 Å². The molecule has 1 N–H and O–H groups in total. The van der Waals surface area contributed by atoms with E-state index in [0.29, 0.717) is 5.56 Å². The summed E-state index contributed by atoms with van der Waals surface area (Å²) in [5, 5.41) is 0.835. The fourth-order valence-corrected chi connectivity index (χ4v) is 1.25. The maximum absolute atomic E-state index is 11.2. The lowest BCUT2D eigenvalue weighted by Gasteiger charge is -1.98. The molecule has 0 atom stereocenters. The van der Waals surface area contributed by atoms with E-state index in [2.05, 4.69) is 14.7 Å². The van der Waals surface area contributed by atoms with Crippen molar-refractivity contribution >= 4 is 16.9 Å². The van der Waals surface area contributed by atoms with Crippen LogP contribution in [-0.4, -0.2) is 23.0 Å². The van der Waals surface area contributed by atoms with Crippen molar-refractivity contribution in [2.75, 3.05) is 7.11 Å². The van der Waals surface area contributed by atoms with Crippen LogP contribution in [0.1, 0.15) is 10.4 Å². The van der Waals surface area contributed by atoms with Crippen LogP contribution in [-0.2, 0) is 4.74 Å². The number of esters is 1. The van der Waals surface area contributed by atoms with Crippen LogP contribution in [0, 0.1) is 0 Å². The van der Waals surface area contributed by atoms with Crippen molar-refractivity contribution in [1.29, 1.82) is 0 Å². The van der Waals surface area contributed by atoms with Crippen LogP contribution in [0.2, 0.25) is 0 Å². The van der Waals surface area contributed by atoms with E-state index in [0.717, 1.165) is 10.9 Å². The van der Waals surface area contributed by atoms with Crippen molar-refractivity contribution in [2.45, 2.75) is 0 Å². The van der Waals surface area contributed by atoms with Crippen molar-refractivity contribution in [3.63, 3.8) is 0 Å². The topological polar surface area (TPSA) is 55.0 Å². The second-order valence-electron chi connectivity index (χ2n) is 2.62. The maximum atomic E-state index is 11.2. The van der Waals surface area contributed by atoms with E-state index in [4.69, 9.17) is 0 Å². The molecule has 0 unspecified atom stereocenters. The SMILES string of the molecule is COC(=O)c1cncc2[nH]ccc12. The maximum Gasteiger partial charge on any atom is 0.340 e. The number of H-pyrrole nitrogens is 1. The van der Waals surface area contributed by atoms with Crippen molar-refractivity contribution in [1.82, 2.24) is 9.97 Å². The quantitative estimate of drug-likeness (QED) is 0.667. The van der Waals surface area contributed by atoms with Gasteiger partial charge in [-0.05, 0) is 6.07 Å². The summed E-state index contributed by atoms with van der Waals surface area (Å²) in [5.41, 5.74) is 1.32. The Bertz CT molecular complexity index is 448. The number of carbonyl (C=O) groups excluding carboxylic acids is 1. The van der Waals surface area contributed by atoms with E-state index in [1.54, 1.807) is 12.4 Å². The molecule has 0 radical (unpaired) electrons. The number of aromatic amines is 1. The fourth-order valence-electron chi connectivity index (χ4n) is 1.25. The highest BCUT2D eigenvalue weighted by molar-refractivity contribution is 6.02. The molecule has 66 valence electrons. The van der Waals surface area contributed by atoms with Crippen molar-refractivity contribution < 1.29 is 9.53 Å². The van der Waals surface area contributed by atoms with Gasteiger partial charge in [-0.1, -0.05) is 0 Å². The zero-order chi connectivity index (χ0) is 9.26.